The van der Waals surface area contributed by atoms with Crippen LogP contribution in [0.1, 0.15) is 13.8 Å². The van der Waals surface area contributed by atoms with Gasteiger partial charge in [-0.25, -0.2) is 9.50 Å². The molecule has 4 nitrogen and oxygen atoms in total. The van der Waals surface area contributed by atoms with Gasteiger partial charge in [0.2, 0.25) is 0 Å². The van der Waals surface area contributed by atoms with Gasteiger partial charge in [0.1, 0.15) is 5.82 Å². The molecule has 4 heteroatoms. The van der Waals surface area contributed by atoms with Crippen molar-refractivity contribution < 1.29 is 0 Å². The topological polar surface area (TPSA) is 56.2 Å². The summed E-state index contributed by atoms with van der Waals surface area (Å²) in [5.74, 6) is 0.499. The molecular weight excluding hydrogens is 152 g/mol. The first-order valence-corrected chi connectivity index (χ1v) is 3.92. The highest BCUT2D eigenvalue weighted by atomic mass is 15.3. The van der Waals surface area contributed by atoms with E-state index in [1.165, 1.54) is 0 Å². The Kier molecular flexibility index (Phi) is 2.63. The minimum atomic E-state index is 0.499. The first-order valence-electron chi connectivity index (χ1n) is 3.92. The van der Waals surface area contributed by atoms with Crippen LogP contribution in [-0.2, 0) is 0 Å². The van der Waals surface area contributed by atoms with E-state index >= 15 is 0 Å². The molecule has 0 aromatic carbocycles. The Morgan fingerprint density at radius 1 is 1.42 bits per heavy atom. The summed E-state index contributed by atoms with van der Waals surface area (Å²) in [5.41, 5.74) is 6.20. The fourth-order valence-electron chi connectivity index (χ4n) is 0.848. The summed E-state index contributed by atoms with van der Waals surface area (Å²) in [7, 11) is 0. The van der Waals surface area contributed by atoms with Crippen LogP contribution in [0.15, 0.2) is 24.5 Å². The molecule has 12 heavy (non-hydrogen) atoms. The molecule has 0 aliphatic carbocycles. The van der Waals surface area contributed by atoms with E-state index in [1.807, 2.05) is 13.8 Å². The number of hydrogen-bond donors (Lipinski definition) is 1. The van der Waals surface area contributed by atoms with Crippen molar-refractivity contribution in [2.75, 3.05) is 5.73 Å². The highest BCUT2D eigenvalue weighted by molar-refractivity contribution is 5.46. The van der Waals surface area contributed by atoms with Gasteiger partial charge in [0.15, 0.2) is 5.65 Å². The molecule has 0 unspecified atom stereocenters. The smallest absolute Gasteiger partial charge is 0.157 e. The molecule has 2 aromatic heterocycles. The van der Waals surface area contributed by atoms with Gasteiger partial charge in [-0.1, -0.05) is 13.8 Å². The summed E-state index contributed by atoms with van der Waals surface area (Å²) in [6.07, 6.45) is 3.51. The molecule has 2 rings (SSSR count). The number of fused-ring (bicyclic) bond motifs is 1. The molecule has 2 aromatic rings. The number of nitrogen functional groups attached to an aromatic ring is 1. The predicted molar refractivity (Wildman–Crippen MR) is 48.7 cm³/mol. The molecule has 0 bridgehead atoms. The summed E-state index contributed by atoms with van der Waals surface area (Å²) < 4.78 is 1.63. The molecule has 0 radical (unpaired) electrons. The first-order chi connectivity index (χ1) is 5.86. The SMILES string of the molecule is CC.Nc1cc2ncccn2n1. The molecule has 0 aliphatic rings. The van der Waals surface area contributed by atoms with Gasteiger partial charge in [0.05, 0.1) is 0 Å². The lowest BCUT2D eigenvalue weighted by Gasteiger charge is -1.85. The standard InChI is InChI=1S/C6H6N4.C2H6/c7-5-4-6-8-2-1-3-10(6)9-5;1-2/h1-4H,(H2,7,9);1-2H3. The van der Waals surface area contributed by atoms with Crippen LogP contribution >= 0.6 is 0 Å². The highest BCUT2D eigenvalue weighted by Crippen LogP contribution is 2.02. The van der Waals surface area contributed by atoms with Gasteiger partial charge in [-0.05, 0) is 6.07 Å². The third-order valence-corrected chi connectivity index (χ3v) is 1.26. The van der Waals surface area contributed by atoms with Crippen LogP contribution in [0.3, 0.4) is 0 Å². The zero-order chi connectivity index (χ0) is 8.97. The fourth-order valence-corrected chi connectivity index (χ4v) is 0.848. The van der Waals surface area contributed by atoms with Crippen molar-refractivity contribution >= 4 is 11.5 Å². The third kappa shape index (κ3) is 1.53. The summed E-state index contributed by atoms with van der Waals surface area (Å²) in [6, 6.07) is 3.53. The molecular formula is C8H12N4. The number of nitrogens with zero attached hydrogens (tertiary/aromatic N) is 3. The quantitative estimate of drug-likeness (QED) is 0.639. The van der Waals surface area contributed by atoms with E-state index in [4.69, 9.17) is 5.73 Å². The lowest BCUT2D eigenvalue weighted by atomic mass is 10.6. The second kappa shape index (κ2) is 3.71. The van der Waals surface area contributed by atoms with Crippen molar-refractivity contribution in [1.82, 2.24) is 14.6 Å². The number of rotatable bonds is 0. The molecule has 0 aliphatic heterocycles. The molecule has 0 amide bonds. The second-order valence-electron chi connectivity index (χ2n) is 1.99. The van der Waals surface area contributed by atoms with Crippen molar-refractivity contribution in [2.45, 2.75) is 13.8 Å². The van der Waals surface area contributed by atoms with E-state index in [1.54, 1.807) is 29.0 Å². The van der Waals surface area contributed by atoms with E-state index in [-0.39, 0.29) is 0 Å². The van der Waals surface area contributed by atoms with Gasteiger partial charge < -0.3 is 5.73 Å². The van der Waals surface area contributed by atoms with Gasteiger partial charge in [-0.15, -0.1) is 5.10 Å². The molecule has 0 saturated carbocycles. The van der Waals surface area contributed by atoms with Crippen molar-refractivity contribution in [3.63, 3.8) is 0 Å². The van der Waals surface area contributed by atoms with Crippen molar-refractivity contribution in [2.24, 2.45) is 0 Å². The fraction of sp³-hybridized carbons (Fsp3) is 0.250. The van der Waals surface area contributed by atoms with Gasteiger partial charge in [0.25, 0.3) is 0 Å². The van der Waals surface area contributed by atoms with E-state index in [0.29, 0.717) is 5.82 Å². The van der Waals surface area contributed by atoms with E-state index in [9.17, 15) is 0 Å². The summed E-state index contributed by atoms with van der Waals surface area (Å²) in [5, 5.41) is 3.95. The van der Waals surface area contributed by atoms with Crippen LogP contribution in [-0.4, -0.2) is 14.6 Å². The summed E-state index contributed by atoms with van der Waals surface area (Å²) in [6.45, 7) is 4.00. The maximum absolute atomic E-state index is 5.42. The molecule has 64 valence electrons. The maximum Gasteiger partial charge on any atom is 0.157 e. The number of aromatic nitrogens is 3. The van der Waals surface area contributed by atoms with Crippen molar-refractivity contribution in [3.8, 4) is 0 Å². The van der Waals surface area contributed by atoms with Crippen molar-refractivity contribution in [1.29, 1.82) is 0 Å². The molecule has 0 spiro atoms. The zero-order valence-electron chi connectivity index (χ0n) is 7.23. The average Bonchev–Trinajstić information content (AvgIpc) is 2.48. The molecule has 0 saturated heterocycles. The Morgan fingerprint density at radius 2 is 2.17 bits per heavy atom. The first kappa shape index (κ1) is 8.52. The van der Waals surface area contributed by atoms with E-state index < -0.39 is 0 Å². The van der Waals surface area contributed by atoms with Crippen LogP contribution < -0.4 is 5.73 Å². The van der Waals surface area contributed by atoms with Gasteiger partial charge in [-0.2, -0.15) is 0 Å². The Labute approximate surface area is 71.0 Å². The Hall–Kier alpha value is -1.58. The Morgan fingerprint density at radius 3 is 2.83 bits per heavy atom. The highest BCUT2D eigenvalue weighted by Gasteiger charge is 1.94. The summed E-state index contributed by atoms with van der Waals surface area (Å²) in [4.78, 5) is 4.02. The lowest BCUT2D eigenvalue weighted by molar-refractivity contribution is 0.945. The minimum absolute atomic E-state index is 0.499. The number of hydrogen-bond acceptors (Lipinski definition) is 3. The molecule has 0 fully saturated rings. The maximum atomic E-state index is 5.42. The van der Waals surface area contributed by atoms with Gasteiger partial charge in [-0.3, -0.25) is 0 Å². The predicted octanol–water partition coefficient (Wildman–Crippen LogP) is 1.34. The van der Waals surface area contributed by atoms with E-state index in [0.717, 1.165) is 5.65 Å². The van der Waals surface area contributed by atoms with Crippen molar-refractivity contribution in [3.05, 3.63) is 24.5 Å². The Balaban J connectivity index is 0.000000336. The third-order valence-electron chi connectivity index (χ3n) is 1.26. The lowest BCUT2D eigenvalue weighted by Crippen LogP contribution is -1.88. The average molecular weight is 164 g/mol. The summed E-state index contributed by atoms with van der Waals surface area (Å²) >= 11 is 0. The second-order valence-corrected chi connectivity index (χ2v) is 1.99. The monoisotopic (exact) mass is 164 g/mol. The van der Waals surface area contributed by atoms with Crippen LogP contribution in [0.25, 0.3) is 5.65 Å². The number of nitrogens with two attached hydrogens (primary N) is 1. The number of anilines is 1. The normalized spacial score (nSPS) is 9.17. The molecule has 2 N–H and O–H groups in total. The van der Waals surface area contributed by atoms with Crippen LogP contribution in [0.2, 0.25) is 0 Å². The largest absolute Gasteiger partial charge is 0.382 e. The van der Waals surface area contributed by atoms with Gasteiger partial charge in [0, 0.05) is 18.5 Å². The zero-order valence-corrected chi connectivity index (χ0v) is 7.23. The van der Waals surface area contributed by atoms with E-state index in [2.05, 4.69) is 10.1 Å². The van der Waals surface area contributed by atoms with Crippen LogP contribution in [0.4, 0.5) is 5.82 Å². The molecule has 2 heterocycles. The van der Waals surface area contributed by atoms with Crippen LogP contribution in [0.5, 0.6) is 0 Å². The van der Waals surface area contributed by atoms with Gasteiger partial charge >= 0.3 is 0 Å². The minimum Gasteiger partial charge on any atom is -0.382 e. The van der Waals surface area contributed by atoms with Crippen LogP contribution in [0, 0.1) is 0 Å². The Bertz CT molecular complexity index is 320. The molecule has 0 atom stereocenters.